The average molecular weight is 556 g/mol. The Hall–Kier alpha value is -4.50. The minimum absolute atomic E-state index is 0.172. The first-order valence-corrected chi connectivity index (χ1v) is 14.7. The number of imidazole rings is 1. The summed E-state index contributed by atoms with van der Waals surface area (Å²) in [6.45, 7) is 2.87. The van der Waals surface area contributed by atoms with Gasteiger partial charge in [0.1, 0.15) is 24.0 Å². The van der Waals surface area contributed by atoms with Crippen molar-refractivity contribution >= 4 is 26.8 Å². The monoisotopic (exact) mass is 555 g/mol. The van der Waals surface area contributed by atoms with Crippen LogP contribution in [0.4, 0.5) is 4.39 Å². The summed E-state index contributed by atoms with van der Waals surface area (Å²) in [5.41, 5.74) is 6.16. The maximum Gasteiger partial charge on any atom is 0.254 e. The lowest BCUT2D eigenvalue weighted by Gasteiger charge is -2.21. The van der Waals surface area contributed by atoms with Crippen molar-refractivity contribution in [3.63, 3.8) is 0 Å². The summed E-state index contributed by atoms with van der Waals surface area (Å²) in [6.07, 6.45) is 1.15. The Bertz CT molecular complexity index is 1880. The van der Waals surface area contributed by atoms with Gasteiger partial charge in [0.2, 0.25) is 0 Å². The number of fused-ring (bicyclic) bond motifs is 2. The number of carbonyl (C=O) groups excluding carboxylic acids is 1. The molecular weight excluding hydrogens is 529 g/mol. The fraction of sp³-hybridized carbons (Fsp3) is 0.161. The number of rotatable bonds is 4. The molecule has 7 nitrogen and oxygen atoms in total. The summed E-state index contributed by atoms with van der Waals surface area (Å²) < 4.78 is 43.3. The molecule has 1 aliphatic rings. The Morgan fingerprint density at radius 1 is 0.950 bits per heavy atom. The Kier molecular flexibility index (Phi) is 6.38. The Labute approximate surface area is 231 Å². The highest BCUT2D eigenvalue weighted by molar-refractivity contribution is 7.90. The molecule has 0 saturated carbocycles. The zero-order valence-electron chi connectivity index (χ0n) is 21.9. The zero-order chi connectivity index (χ0) is 28.0. The van der Waals surface area contributed by atoms with Crippen LogP contribution in [0.3, 0.4) is 0 Å². The standard InChI is InChI=1S/C31H26FN3O4S/c1-19-15-25(40(2,37)38)9-10-26(19)31(36)35-13-14-39-29-12-7-22(16-23(29)18-35)20-3-5-21(6-4-20)30-33-27-11-8-24(32)17-28(27)34-30/h3-12,15-17H,13-14,18H2,1-2H3,(H,33,34). The quantitative estimate of drug-likeness (QED) is 0.303. The minimum Gasteiger partial charge on any atom is -0.491 e. The number of carbonyl (C=O) groups is 1. The number of hydrogen-bond donors (Lipinski definition) is 1. The Morgan fingerprint density at radius 3 is 2.45 bits per heavy atom. The molecule has 0 aliphatic carbocycles. The lowest BCUT2D eigenvalue weighted by atomic mass is 10.0. The number of benzene rings is 4. The van der Waals surface area contributed by atoms with Crippen molar-refractivity contribution < 1.29 is 22.3 Å². The SMILES string of the molecule is Cc1cc(S(C)(=O)=O)ccc1C(=O)N1CCOc2ccc(-c3ccc(-c4nc5cc(F)ccc5[nH]4)cc3)cc2C1. The minimum atomic E-state index is -3.36. The summed E-state index contributed by atoms with van der Waals surface area (Å²) in [4.78, 5) is 23.1. The first-order chi connectivity index (χ1) is 19.2. The van der Waals surface area contributed by atoms with Gasteiger partial charge in [0.05, 0.1) is 22.5 Å². The van der Waals surface area contributed by atoms with Gasteiger partial charge in [-0.1, -0.05) is 30.3 Å². The maximum absolute atomic E-state index is 13.6. The van der Waals surface area contributed by atoms with Crippen LogP contribution in [0.25, 0.3) is 33.5 Å². The number of H-pyrrole nitrogens is 1. The van der Waals surface area contributed by atoms with Crippen molar-refractivity contribution in [2.75, 3.05) is 19.4 Å². The molecule has 40 heavy (non-hydrogen) atoms. The third-order valence-electron chi connectivity index (χ3n) is 7.12. The molecule has 1 aromatic heterocycles. The molecule has 1 amide bonds. The fourth-order valence-corrected chi connectivity index (χ4v) is 5.67. The first kappa shape index (κ1) is 25.8. The smallest absolute Gasteiger partial charge is 0.254 e. The highest BCUT2D eigenvalue weighted by atomic mass is 32.2. The predicted molar refractivity (Wildman–Crippen MR) is 151 cm³/mol. The molecule has 0 unspecified atom stereocenters. The van der Waals surface area contributed by atoms with Crippen LogP contribution in [0.2, 0.25) is 0 Å². The van der Waals surface area contributed by atoms with Crippen molar-refractivity contribution in [2.45, 2.75) is 18.4 Å². The van der Waals surface area contributed by atoms with Gasteiger partial charge in [-0.25, -0.2) is 17.8 Å². The number of aromatic nitrogens is 2. The van der Waals surface area contributed by atoms with E-state index in [4.69, 9.17) is 4.74 Å². The molecule has 2 heterocycles. The van der Waals surface area contributed by atoms with Gasteiger partial charge in [-0.15, -0.1) is 0 Å². The molecule has 4 aromatic carbocycles. The van der Waals surface area contributed by atoms with Gasteiger partial charge in [-0.05, 0) is 66.1 Å². The summed E-state index contributed by atoms with van der Waals surface area (Å²) in [5, 5.41) is 0. The number of halogens is 1. The Balaban J connectivity index is 1.25. The number of amides is 1. The topological polar surface area (TPSA) is 92.4 Å². The lowest BCUT2D eigenvalue weighted by Crippen LogP contribution is -2.33. The first-order valence-electron chi connectivity index (χ1n) is 12.8. The predicted octanol–water partition coefficient (Wildman–Crippen LogP) is 5.78. The van der Waals surface area contributed by atoms with E-state index in [0.717, 1.165) is 39.8 Å². The summed E-state index contributed by atoms with van der Waals surface area (Å²) in [6, 6.07) is 22.9. The molecule has 6 rings (SSSR count). The van der Waals surface area contributed by atoms with Gasteiger partial charge >= 0.3 is 0 Å². The molecule has 0 atom stereocenters. The van der Waals surface area contributed by atoms with Crippen LogP contribution in [0.5, 0.6) is 5.75 Å². The van der Waals surface area contributed by atoms with Crippen LogP contribution >= 0.6 is 0 Å². The number of nitrogens with zero attached hydrogens (tertiary/aromatic N) is 2. The van der Waals surface area contributed by atoms with Gasteiger partial charge in [0.25, 0.3) is 5.91 Å². The molecule has 1 N–H and O–H groups in total. The molecule has 0 radical (unpaired) electrons. The Morgan fingerprint density at radius 2 is 1.70 bits per heavy atom. The molecule has 0 saturated heterocycles. The highest BCUT2D eigenvalue weighted by Crippen LogP contribution is 2.31. The molecule has 0 bridgehead atoms. The normalized spacial score (nSPS) is 13.5. The van der Waals surface area contributed by atoms with E-state index in [1.54, 1.807) is 24.0 Å². The van der Waals surface area contributed by atoms with Crippen molar-refractivity contribution in [3.8, 4) is 28.3 Å². The second kappa shape index (κ2) is 9.91. The van der Waals surface area contributed by atoms with Crippen LogP contribution in [0.15, 0.2) is 83.8 Å². The maximum atomic E-state index is 13.6. The number of aromatic amines is 1. The van der Waals surface area contributed by atoms with E-state index in [-0.39, 0.29) is 16.6 Å². The molecular formula is C31H26FN3O4S. The van der Waals surface area contributed by atoms with E-state index in [1.807, 2.05) is 42.5 Å². The number of aryl methyl sites for hydroxylation is 1. The van der Waals surface area contributed by atoms with E-state index in [1.165, 1.54) is 24.3 Å². The molecule has 1 aliphatic heterocycles. The van der Waals surface area contributed by atoms with E-state index in [0.29, 0.717) is 42.2 Å². The van der Waals surface area contributed by atoms with Crippen LogP contribution in [-0.4, -0.2) is 48.6 Å². The van der Waals surface area contributed by atoms with E-state index in [9.17, 15) is 17.6 Å². The molecule has 202 valence electrons. The molecule has 0 fully saturated rings. The number of ether oxygens (including phenoxy) is 1. The second-order valence-electron chi connectivity index (χ2n) is 9.97. The lowest BCUT2D eigenvalue weighted by molar-refractivity contribution is 0.0732. The van der Waals surface area contributed by atoms with Crippen LogP contribution < -0.4 is 4.74 Å². The third kappa shape index (κ3) is 4.96. The number of hydrogen-bond acceptors (Lipinski definition) is 5. The zero-order valence-corrected chi connectivity index (χ0v) is 22.8. The van der Waals surface area contributed by atoms with Crippen molar-refractivity contribution in [1.29, 1.82) is 0 Å². The molecule has 0 spiro atoms. The highest BCUT2D eigenvalue weighted by Gasteiger charge is 2.23. The van der Waals surface area contributed by atoms with Gasteiger partial charge in [-0.3, -0.25) is 4.79 Å². The number of sulfone groups is 1. The van der Waals surface area contributed by atoms with Gasteiger partial charge in [-0.2, -0.15) is 0 Å². The van der Waals surface area contributed by atoms with Gasteiger partial charge < -0.3 is 14.6 Å². The third-order valence-corrected chi connectivity index (χ3v) is 8.23. The van der Waals surface area contributed by atoms with Crippen LogP contribution in [0, 0.1) is 12.7 Å². The van der Waals surface area contributed by atoms with Crippen molar-refractivity contribution in [1.82, 2.24) is 14.9 Å². The van der Waals surface area contributed by atoms with Crippen LogP contribution in [-0.2, 0) is 16.4 Å². The van der Waals surface area contributed by atoms with Gasteiger partial charge in [0.15, 0.2) is 9.84 Å². The summed E-state index contributed by atoms with van der Waals surface area (Å²) in [5.74, 6) is 0.897. The summed E-state index contributed by atoms with van der Waals surface area (Å²) in [7, 11) is -3.36. The van der Waals surface area contributed by atoms with Gasteiger partial charge in [0, 0.05) is 35.6 Å². The van der Waals surface area contributed by atoms with Crippen molar-refractivity contribution in [2.24, 2.45) is 0 Å². The summed E-state index contributed by atoms with van der Waals surface area (Å²) >= 11 is 0. The van der Waals surface area contributed by atoms with Crippen LogP contribution in [0.1, 0.15) is 21.5 Å². The average Bonchev–Trinajstić information content (AvgIpc) is 3.23. The van der Waals surface area contributed by atoms with E-state index < -0.39 is 9.84 Å². The molecule has 5 aromatic rings. The van der Waals surface area contributed by atoms with Crippen molar-refractivity contribution in [3.05, 3.63) is 101 Å². The number of nitrogens with one attached hydrogen (secondary N) is 1. The van der Waals surface area contributed by atoms with E-state index >= 15 is 0 Å². The largest absolute Gasteiger partial charge is 0.491 e. The molecule has 9 heteroatoms. The second-order valence-corrected chi connectivity index (χ2v) is 12.0. The van der Waals surface area contributed by atoms with E-state index in [2.05, 4.69) is 9.97 Å². The fourth-order valence-electron chi connectivity index (χ4n) is 4.96.